The van der Waals surface area contributed by atoms with Gasteiger partial charge < -0.3 is 4.57 Å². The van der Waals surface area contributed by atoms with Gasteiger partial charge in [-0.15, -0.1) is 6.58 Å². The summed E-state index contributed by atoms with van der Waals surface area (Å²) in [5.41, 5.74) is 0.896. The molecule has 0 radical (unpaired) electrons. The number of amides is 2. The third kappa shape index (κ3) is 3.53. The van der Waals surface area contributed by atoms with E-state index in [4.69, 9.17) is 12.2 Å². The zero-order valence-electron chi connectivity index (χ0n) is 14.0. The van der Waals surface area contributed by atoms with Gasteiger partial charge in [-0.2, -0.15) is 0 Å². The van der Waals surface area contributed by atoms with E-state index >= 15 is 0 Å². The molecule has 0 atom stereocenters. The standard InChI is InChI=1S/C18H14N4O4S/c1-2-8-21-17(24)15(16(23)19-18(21)27)11-13-7-4-9-20(13)12-5-3-6-14(10-12)22(25)26/h2-7,9-11H,1,8H2,(H,19,23,27). The summed E-state index contributed by atoms with van der Waals surface area (Å²) in [6.07, 6.45) is 4.61. The number of rotatable bonds is 5. The minimum absolute atomic E-state index is 0.0242. The lowest BCUT2D eigenvalue weighted by Gasteiger charge is -2.27. The minimum atomic E-state index is -0.600. The van der Waals surface area contributed by atoms with E-state index in [2.05, 4.69) is 11.9 Å². The highest BCUT2D eigenvalue weighted by Gasteiger charge is 2.32. The van der Waals surface area contributed by atoms with Crippen LogP contribution in [0, 0.1) is 10.1 Å². The second-order valence-corrected chi connectivity index (χ2v) is 5.99. The molecule has 8 nitrogen and oxygen atoms in total. The summed E-state index contributed by atoms with van der Waals surface area (Å²) in [5, 5.41) is 13.5. The molecule has 2 aromatic rings. The number of aromatic nitrogens is 1. The van der Waals surface area contributed by atoms with E-state index < -0.39 is 16.7 Å². The molecule has 27 heavy (non-hydrogen) atoms. The summed E-state index contributed by atoms with van der Waals surface area (Å²) >= 11 is 5.02. The molecule has 1 aliphatic heterocycles. The van der Waals surface area contributed by atoms with Gasteiger partial charge in [-0.3, -0.25) is 29.9 Å². The molecule has 9 heteroatoms. The summed E-state index contributed by atoms with van der Waals surface area (Å²) in [4.78, 5) is 36.6. The van der Waals surface area contributed by atoms with Gasteiger partial charge in [0.25, 0.3) is 17.5 Å². The Hall–Kier alpha value is -3.59. The summed E-state index contributed by atoms with van der Waals surface area (Å²) in [7, 11) is 0. The van der Waals surface area contributed by atoms with Crippen molar-refractivity contribution >= 4 is 40.9 Å². The Morgan fingerprint density at radius 1 is 1.26 bits per heavy atom. The van der Waals surface area contributed by atoms with Gasteiger partial charge in [0.1, 0.15) is 5.57 Å². The quantitative estimate of drug-likeness (QED) is 0.214. The van der Waals surface area contributed by atoms with Crippen LogP contribution in [-0.4, -0.2) is 37.9 Å². The zero-order valence-corrected chi connectivity index (χ0v) is 14.8. The van der Waals surface area contributed by atoms with Gasteiger partial charge in [0.15, 0.2) is 5.11 Å². The number of nitrogens with one attached hydrogen (secondary N) is 1. The normalized spacial score (nSPS) is 15.8. The van der Waals surface area contributed by atoms with Crippen LogP contribution in [0.1, 0.15) is 5.69 Å². The number of benzene rings is 1. The number of hydrogen-bond acceptors (Lipinski definition) is 5. The number of hydrogen-bond donors (Lipinski definition) is 1. The van der Waals surface area contributed by atoms with E-state index in [1.807, 2.05) is 0 Å². The molecular weight excluding hydrogens is 368 g/mol. The van der Waals surface area contributed by atoms with Crippen LogP contribution in [0.3, 0.4) is 0 Å². The van der Waals surface area contributed by atoms with Crippen molar-refractivity contribution in [2.45, 2.75) is 0 Å². The first kappa shape index (κ1) is 18.2. The van der Waals surface area contributed by atoms with Crippen LogP contribution in [0.2, 0.25) is 0 Å². The molecule has 0 spiro atoms. The van der Waals surface area contributed by atoms with Crippen molar-refractivity contribution in [2.24, 2.45) is 0 Å². The van der Waals surface area contributed by atoms with Gasteiger partial charge in [-0.25, -0.2) is 0 Å². The fraction of sp³-hybridized carbons (Fsp3) is 0.0556. The van der Waals surface area contributed by atoms with Crippen LogP contribution < -0.4 is 5.32 Å². The molecule has 1 saturated heterocycles. The maximum absolute atomic E-state index is 12.6. The summed E-state index contributed by atoms with van der Waals surface area (Å²) in [5.74, 6) is -1.13. The van der Waals surface area contributed by atoms with E-state index in [-0.39, 0.29) is 22.9 Å². The Balaban J connectivity index is 2.02. The van der Waals surface area contributed by atoms with E-state index in [0.717, 1.165) is 0 Å². The average molecular weight is 382 g/mol. The van der Waals surface area contributed by atoms with Crippen molar-refractivity contribution in [3.05, 3.63) is 76.6 Å². The molecule has 1 aromatic carbocycles. The monoisotopic (exact) mass is 382 g/mol. The Morgan fingerprint density at radius 2 is 2.04 bits per heavy atom. The van der Waals surface area contributed by atoms with Gasteiger partial charge in [0, 0.05) is 30.6 Å². The molecule has 136 valence electrons. The Labute approximate surface area is 159 Å². The fourth-order valence-electron chi connectivity index (χ4n) is 2.64. The molecule has 0 saturated carbocycles. The maximum atomic E-state index is 12.6. The third-order valence-corrected chi connectivity index (χ3v) is 4.21. The van der Waals surface area contributed by atoms with Gasteiger partial charge in [0.2, 0.25) is 0 Å². The Bertz CT molecular complexity index is 1010. The third-order valence-electron chi connectivity index (χ3n) is 3.89. The molecule has 2 amide bonds. The molecule has 0 aliphatic carbocycles. The predicted octanol–water partition coefficient (Wildman–Crippen LogP) is 2.20. The zero-order chi connectivity index (χ0) is 19.6. The maximum Gasteiger partial charge on any atom is 0.271 e. The number of non-ortho nitro benzene ring substituents is 1. The first-order valence-electron chi connectivity index (χ1n) is 7.84. The smallest absolute Gasteiger partial charge is 0.271 e. The summed E-state index contributed by atoms with van der Waals surface area (Å²) < 4.78 is 1.64. The number of carbonyl (C=O) groups is 2. The molecule has 1 N–H and O–H groups in total. The number of nitro benzene ring substituents is 1. The first-order valence-corrected chi connectivity index (χ1v) is 8.25. The number of nitro groups is 1. The Morgan fingerprint density at radius 3 is 2.74 bits per heavy atom. The van der Waals surface area contributed by atoms with Gasteiger partial charge in [-0.05, 0) is 36.5 Å². The number of carbonyl (C=O) groups excluding carboxylic acids is 2. The molecule has 1 fully saturated rings. The van der Waals surface area contributed by atoms with Gasteiger partial charge in [0.05, 0.1) is 10.6 Å². The van der Waals surface area contributed by atoms with Crippen molar-refractivity contribution in [1.29, 1.82) is 0 Å². The largest absolute Gasteiger partial charge is 0.317 e. The lowest BCUT2D eigenvalue weighted by atomic mass is 10.1. The van der Waals surface area contributed by atoms with Crippen molar-refractivity contribution in [3.8, 4) is 5.69 Å². The highest BCUT2D eigenvalue weighted by molar-refractivity contribution is 7.80. The van der Waals surface area contributed by atoms with Gasteiger partial charge >= 0.3 is 0 Å². The van der Waals surface area contributed by atoms with Crippen molar-refractivity contribution in [1.82, 2.24) is 14.8 Å². The first-order chi connectivity index (χ1) is 12.9. The Kier molecular flexibility index (Phi) is 4.95. The van der Waals surface area contributed by atoms with Crippen molar-refractivity contribution < 1.29 is 14.5 Å². The van der Waals surface area contributed by atoms with Crippen LogP contribution in [0.5, 0.6) is 0 Å². The summed E-state index contributed by atoms with van der Waals surface area (Å²) in [6, 6.07) is 9.45. The minimum Gasteiger partial charge on any atom is -0.317 e. The lowest BCUT2D eigenvalue weighted by Crippen LogP contribution is -2.53. The highest BCUT2D eigenvalue weighted by atomic mass is 32.1. The fourth-order valence-corrected chi connectivity index (χ4v) is 2.89. The molecule has 0 bridgehead atoms. The number of thiocarbonyl (C=S) groups is 1. The topological polar surface area (TPSA) is 97.5 Å². The van der Waals surface area contributed by atoms with E-state index in [1.165, 1.54) is 29.2 Å². The van der Waals surface area contributed by atoms with Crippen molar-refractivity contribution in [3.63, 3.8) is 0 Å². The molecule has 1 aromatic heterocycles. The second kappa shape index (κ2) is 7.34. The van der Waals surface area contributed by atoms with Crippen LogP contribution >= 0.6 is 12.2 Å². The van der Waals surface area contributed by atoms with Crippen LogP contribution in [0.25, 0.3) is 11.8 Å². The van der Waals surface area contributed by atoms with Crippen LogP contribution in [-0.2, 0) is 9.59 Å². The second-order valence-electron chi connectivity index (χ2n) is 5.60. The van der Waals surface area contributed by atoms with E-state index in [9.17, 15) is 19.7 Å². The predicted molar refractivity (Wildman–Crippen MR) is 103 cm³/mol. The lowest BCUT2D eigenvalue weighted by molar-refractivity contribution is -0.384. The van der Waals surface area contributed by atoms with E-state index in [0.29, 0.717) is 11.4 Å². The molecule has 0 unspecified atom stereocenters. The number of nitrogens with zero attached hydrogens (tertiary/aromatic N) is 3. The average Bonchev–Trinajstić information content (AvgIpc) is 3.10. The van der Waals surface area contributed by atoms with Crippen LogP contribution in [0.4, 0.5) is 5.69 Å². The van der Waals surface area contributed by atoms with Crippen molar-refractivity contribution in [2.75, 3.05) is 6.54 Å². The SMILES string of the molecule is C=CCN1C(=O)C(=Cc2cccn2-c2cccc([N+](=O)[O-])c2)C(=O)NC1=S. The highest BCUT2D eigenvalue weighted by Crippen LogP contribution is 2.21. The summed E-state index contributed by atoms with van der Waals surface area (Å²) in [6.45, 7) is 3.74. The molecule has 1 aliphatic rings. The van der Waals surface area contributed by atoms with Gasteiger partial charge in [-0.1, -0.05) is 12.1 Å². The van der Waals surface area contributed by atoms with E-state index in [1.54, 1.807) is 35.0 Å². The van der Waals surface area contributed by atoms with Crippen LogP contribution in [0.15, 0.2) is 60.8 Å². The molecular formula is C18H14N4O4S. The molecule has 2 heterocycles. The molecule has 3 rings (SSSR count).